The summed E-state index contributed by atoms with van der Waals surface area (Å²) >= 11 is 0. The summed E-state index contributed by atoms with van der Waals surface area (Å²) in [7, 11) is 0. The number of hydrogen-bond donors (Lipinski definition) is 0. The molecule has 2 nitrogen and oxygen atoms in total. The van der Waals surface area contributed by atoms with Gasteiger partial charge in [-0.25, -0.2) is 0 Å². The van der Waals surface area contributed by atoms with E-state index in [0.717, 1.165) is 5.69 Å². The van der Waals surface area contributed by atoms with Gasteiger partial charge in [-0.05, 0) is 92.3 Å². The van der Waals surface area contributed by atoms with E-state index in [1.165, 1.54) is 93.1 Å². The zero-order valence-corrected chi connectivity index (χ0v) is 28.4. The van der Waals surface area contributed by atoms with Crippen molar-refractivity contribution in [3.63, 3.8) is 0 Å². The highest BCUT2D eigenvalue weighted by atomic mass is 15.0. The molecule has 0 spiro atoms. The predicted octanol–water partition coefficient (Wildman–Crippen LogP) is 13.5. The van der Waals surface area contributed by atoms with Crippen molar-refractivity contribution in [3.05, 3.63) is 194 Å². The van der Waals surface area contributed by atoms with E-state index in [9.17, 15) is 0 Å². The maximum Gasteiger partial charge on any atom is 0.0548 e. The van der Waals surface area contributed by atoms with E-state index in [0.29, 0.717) is 0 Å². The first kappa shape index (κ1) is 28.9. The number of para-hydroxylation sites is 3. The average molecular weight is 661 g/mol. The highest BCUT2D eigenvalue weighted by molar-refractivity contribution is 6.22. The molecule has 9 aromatic carbocycles. The second-order valence-electron chi connectivity index (χ2n) is 13.7. The molecule has 0 aliphatic heterocycles. The molecule has 0 fully saturated rings. The summed E-state index contributed by atoms with van der Waals surface area (Å²) in [5.41, 5.74) is 12.2. The normalized spacial score (nSPS) is 11.8. The van der Waals surface area contributed by atoms with Gasteiger partial charge < -0.3 is 9.13 Å². The summed E-state index contributed by atoms with van der Waals surface area (Å²) in [6.45, 7) is 0. The van der Waals surface area contributed by atoms with Gasteiger partial charge in [0.25, 0.3) is 0 Å². The molecule has 11 aromatic rings. The fraction of sp³-hybridized carbons (Fsp3) is 0. The third kappa shape index (κ3) is 4.19. The third-order valence-corrected chi connectivity index (χ3v) is 10.9. The van der Waals surface area contributed by atoms with Crippen molar-refractivity contribution in [1.82, 2.24) is 9.13 Å². The Kier molecular flexibility index (Phi) is 6.28. The number of rotatable bonds is 4. The molecule has 2 aromatic heterocycles. The minimum atomic E-state index is 1.15. The largest absolute Gasteiger partial charge is 0.309 e. The topological polar surface area (TPSA) is 9.86 Å². The molecule has 0 radical (unpaired) electrons. The molecular formula is C50H32N2. The molecule has 0 saturated carbocycles. The third-order valence-electron chi connectivity index (χ3n) is 10.9. The Morgan fingerprint density at radius 2 is 0.577 bits per heavy atom. The van der Waals surface area contributed by atoms with Crippen LogP contribution in [0.2, 0.25) is 0 Å². The van der Waals surface area contributed by atoms with Crippen LogP contribution in [0.1, 0.15) is 0 Å². The number of aromatic nitrogens is 2. The van der Waals surface area contributed by atoms with Crippen LogP contribution in [0.4, 0.5) is 0 Å². The van der Waals surface area contributed by atoms with Gasteiger partial charge in [-0.15, -0.1) is 0 Å². The molecule has 2 heteroatoms. The van der Waals surface area contributed by atoms with Crippen molar-refractivity contribution in [2.75, 3.05) is 0 Å². The van der Waals surface area contributed by atoms with Gasteiger partial charge in [-0.3, -0.25) is 0 Å². The van der Waals surface area contributed by atoms with Crippen molar-refractivity contribution < 1.29 is 0 Å². The van der Waals surface area contributed by atoms with Crippen molar-refractivity contribution in [2.24, 2.45) is 0 Å². The first-order chi connectivity index (χ1) is 25.8. The maximum atomic E-state index is 2.44. The van der Waals surface area contributed by atoms with Crippen molar-refractivity contribution in [3.8, 4) is 33.6 Å². The molecule has 0 bridgehead atoms. The Morgan fingerprint density at radius 1 is 0.231 bits per heavy atom. The molecule has 11 rings (SSSR count). The molecule has 0 N–H and O–H groups in total. The second-order valence-corrected chi connectivity index (χ2v) is 13.7. The molecule has 0 unspecified atom stereocenters. The summed E-state index contributed by atoms with van der Waals surface area (Å²) < 4.78 is 4.85. The van der Waals surface area contributed by atoms with Gasteiger partial charge in [0, 0.05) is 32.9 Å². The fourth-order valence-electron chi connectivity index (χ4n) is 8.70. The van der Waals surface area contributed by atoms with E-state index in [1.807, 2.05) is 0 Å². The quantitative estimate of drug-likeness (QED) is 0.166. The number of hydrogen-bond acceptors (Lipinski definition) is 0. The van der Waals surface area contributed by atoms with E-state index in [1.54, 1.807) is 0 Å². The molecular weight excluding hydrogens is 629 g/mol. The van der Waals surface area contributed by atoms with E-state index in [4.69, 9.17) is 0 Å². The Balaban J connectivity index is 1.15. The van der Waals surface area contributed by atoms with Crippen molar-refractivity contribution >= 4 is 65.2 Å². The predicted molar refractivity (Wildman–Crippen MR) is 221 cm³/mol. The lowest BCUT2D eigenvalue weighted by atomic mass is 9.86. The first-order valence-electron chi connectivity index (χ1n) is 17.9. The lowest BCUT2D eigenvalue weighted by Crippen LogP contribution is -1.95. The number of nitrogens with zero attached hydrogens (tertiary/aromatic N) is 2. The summed E-state index contributed by atoms with van der Waals surface area (Å²) in [6.07, 6.45) is 0. The van der Waals surface area contributed by atoms with Crippen LogP contribution in [0.25, 0.3) is 98.8 Å². The molecule has 0 atom stereocenters. The van der Waals surface area contributed by atoms with E-state index < -0.39 is 0 Å². The van der Waals surface area contributed by atoms with Gasteiger partial charge in [-0.1, -0.05) is 146 Å². The van der Waals surface area contributed by atoms with Gasteiger partial charge in [-0.2, -0.15) is 0 Å². The Labute approximate surface area is 301 Å². The lowest BCUT2D eigenvalue weighted by Gasteiger charge is -2.18. The van der Waals surface area contributed by atoms with Gasteiger partial charge >= 0.3 is 0 Å². The summed E-state index contributed by atoms with van der Waals surface area (Å²) in [4.78, 5) is 0. The lowest BCUT2D eigenvalue weighted by molar-refractivity contribution is 1.17. The zero-order chi connectivity index (χ0) is 34.2. The minimum Gasteiger partial charge on any atom is -0.309 e. The number of fused-ring (bicyclic) bond motifs is 8. The van der Waals surface area contributed by atoms with E-state index >= 15 is 0 Å². The smallest absolute Gasteiger partial charge is 0.0548 e. The maximum absolute atomic E-state index is 2.44. The van der Waals surface area contributed by atoms with Gasteiger partial charge in [0.1, 0.15) is 0 Å². The Hall–Kier alpha value is -6.90. The number of benzene rings is 9. The van der Waals surface area contributed by atoms with E-state index in [2.05, 4.69) is 203 Å². The van der Waals surface area contributed by atoms with Crippen molar-refractivity contribution in [1.29, 1.82) is 0 Å². The Bertz CT molecular complexity index is 3090. The monoisotopic (exact) mass is 660 g/mol. The molecule has 0 amide bonds. The van der Waals surface area contributed by atoms with Crippen LogP contribution in [0, 0.1) is 0 Å². The fourth-order valence-corrected chi connectivity index (χ4v) is 8.70. The zero-order valence-electron chi connectivity index (χ0n) is 28.4. The van der Waals surface area contributed by atoms with Crippen LogP contribution in [0.3, 0.4) is 0 Å². The van der Waals surface area contributed by atoms with Crippen LogP contribution in [-0.4, -0.2) is 9.13 Å². The summed E-state index contributed by atoms with van der Waals surface area (Å²) in [6, 6.07) is 70.9. The first-order valence-corrected chi connectivity index (χ1v) is 17.9. The van der Waals surface area contributed by atoms with E-state index in [-0.39, 0.29) is 0 Å². The van der Waals surface area contributed by atoms with Crippen LogP contribution in [0.5, 0.6) is 0 Å². The summed E-state index contributed by atoms with van der Waals surface area (Å²) in [5, 5.41) is 10.1. The molecule has 52 heavy (non-hydrogen) atoms. The molecule has 2 heterocycles. The average Bonchev–Trinajstić information content (AvgIpc) is 3.72. The molecule has 0 aliphatic carbocycles. The summed E-state index contributed by atoms with van der Waals surface area (Å²) in [5.74, 6) is 0. The van der Waals surface area contributed by atoms with Crippen LogP contribution >= 0.6 is 0 Å². The van der Waals surface area contributed by atoms with Gasteiger partial charge in [0.15, 0.2) is 0 Å². The highest BCUT2D eigenvalue weighted by Crippen LogP contribution is 2.44. The molecule has 0 saturated heterocycles. The van der Waals surface area contributed by atoms with Crippen molar-refractivity contribution in [2.45, 2.75) is 0 Å². The Morgan fingerprint density at radius 3 is 1.04 bits per heavy atom. The van der Waals surface area contributed by atoms with Crippen LogP contribution in [-0.2, 0) is 0 Å². The second kappa shape index (κ2) is 11.3. The standard InChI is InChI=1S/C50H32N2/c1-3-15-33(16-4-1)49-39-21-7-9-23-41(39)50(42-24-10-8-22-40(42)49)34-27-29-36(30-28-34)52-46-26-14-12-20-38(46)44-31-47-43(32-48(44)52)37-19-11-13-25-45(37)51(47)35-17-5-2-6-18-35/h1-32H. The van der Waals surface area contributed by atoms with Crippen LogP contribution in [0.15, 0.2) is 194 Å². The van der Waals surface area contributed by atoms with Gasteiger partial charge in [0.2, 0.25) is 0 Å². The highest BCUT2D eigenvalue weighted by Gasteiger charge is 2.20. The SMILES string of the molecule is c1ccc(-c2c3ccccc3c(-c3ccc(-n4c5ccccc5c5cc6c(cc54)c4ccccc4n6-c4ccccc4)cc3)c3ccccc23)cc1. The van der Waals surface area contributed by atoms with Gasteiger partial charge in [0.05, 0.1) is 22.1 Å². The molecule has 242 valence electrons. The van der Waals surface area contributed by atoms with Crippen LogP contribution < -0.4 is 0 Å². The minimum absolute atomic E-state index is 1.15. The molecule has 0 aliphatic rings.